The molecule has 0 saturated heterocycles. The van der Waals surface area contributed by atoms with Crippen LogP contribution in [-0.2, 0) is 0 Å². The van der Waals surface area contributed by atoms with Gasteiger partial charge in [0.2, 0.25) is 0 Å². The Balaban J connectivity index is 3.73. The first-order valence-corrected chi connectivity index (χ1v) is 3.23. The zero-order valence-electron chi connectivity index (χ0n) is 6.39. The van der Waals surface area contributed by atoms with Crippen molar-refractivity contribution in [3.8, 4) is 11.5 Å². The van der Waals surface area contributed by atoms with E-state index in [-0.39, 0.29) is 11.5 Å². The number of phenolic OH excluding ortho intramolecular Hbond substituents is 2. The Hall–Kier alpha value is -1.44. The molecule has 0 aliphatic carbocycles. The molecule has 0 unspecified atom stereocenters. The molecule has 1 rings (SSSR count). The average Bonchev–Trinajstić information content (AvgIpc) is 1.97. The monoisotopic (exact) mass is 150 g/mol. The lowest BCUT2D eigenvalue weighted by Gasteiger charge is -2.00. The third-order valence-corrected chi connectivity index (χ3v) is 1.73. The second kappa shape index (κ2) is 2.31. The maximum Gasteiger partial charge on any atom is 0.125 e. The van der Waals surface area contributed by atoms with E-state index in [1.807, 2.05) is 0 Å². The smallest absolute Gasteiger partial charge is 0.125 e. The molecule has 0 aliphatic heterocycles. The largest absolute Gasteiger partial charge is 0.507 e. The number of phenols is 2. The molecule has 2 nitrogen and oxygen atoms in total. The summed E-state index contributed by atoms with van der Waals surface area (Å²) in [5.74, 6) is 0.179. The fourth-order valence-corrected chi connectivity index (χ4v) is 0.896. The van der Waals surface area contributed by atoms with Crippen molar-refractivity contribution in [1.29, 1.82) is 0 Å². The van der Waals surface area contributed by atoms with Crippen LogP contribution in [0.3, 0.4) is 0 Å². The molecule has 0 aromatic heterocycles. The minimum Gasteiger partial charge on any atom is -0.507 e. The van der Waals surface area contributed by atoms with Gasteiger partial charge in [-0.3, -0.25) is 0 Å². The van der Waals surface area contributed by atoms with E-state index in [0.717, 1.165) is 0 Å². The van der Waals surface area contributed by atoms with Crippen molar-refractivity contribution in [3.05, 3.63) is 22.1 Å². The van der Waals surface area contributed by atoms with Crippen LogP contribution >= 0.6 is 0 Å². The zero-order valence-corrected chi connectivity index (χ0v) is 6.39. The number of rotatable bonds is 0. The summed E-state index contributed by atoms with van der Waals surface area (Å²) < 4.78 is 0. The van der Waals surface area contributed by atoms with Gasteiger partial charge in [0.15, 0.2) is 0 Å². The summed E-state index contributed by atoms with van der Waals surface area (Å²) in [6.07, 6.45) is 0. The van der Waals surface area contributed by atoms with Crippen LogP contribution in [-0.4, -0.2) is 10.2 Å². The van der Waals surface area contributed by atoms with Crippen LogP contribution in [0.15, 0.2) is 6.07 Å². The zero-order chi connectivity index (χ0) is 8.59. The molecule has 0 atom stereocenters. The minimum absolute atomic E-state index is 0.0744. The third kappa shape index (κ3) is 1.07. The fraction of sp³-hybridized carbons (Fsp3) is 0.111. The predicted molar refractivity (Wildman–Crippen MR) is 44.8 cm³/mol. The highest BCUT2D eigenvalue weighted by Crippen LogP contribution is 2.07. The highest BCUT2D eigenvalue weighted by atomic mass is 16.3. The molecular weight excluding hydrogens is 140 g/mol. The molecule has 0 radical (unpaired) electrons. The van der Waals surface area contributed by atoms with Crippen LogP contribution in [0, 0.1) is 6.92 Å². The van der Waals surface area contributed by atoms with Gasteiger partial charge in [-0.15, -0.1) is 0 Å². The van der Waals surface area contributed by atoms with E-state index in [4.69, 9.17) is 0 Å². The topological polar surface area (TPSA) is 40.5 Å². The molecule has 0 bridgehead atoms. The summed E-state index contributed by atoms with van der Waals surface area (Å²) in [4.78, 5) is 0. The average molecular weight is 150 g/mol. The molecule has 0 fully saturated rings. The first kappa shape index (κ1) is 7.66. The maximum atomic E-state index is 9.30. The van der Waals surface area contributed by atoms with Gasteiger partial charge in [0.05, 0.1) is 0 Å². The molecule has 58 valence electrons. The Morgan fingerprint density at radius 1 is 1.27 bits per heavy atom. The van der Waals surface area contributed by atoms with E-state index in [1.54, 1.807) is 6.92 Å². The number of aromatic hydroxyl groups is 2. The van der Waals surface area contributed by atoms with Crippen molar-refractivity contribution in [2.75, 3.05) is 0 Å². The van der Waals surface area contributed by atoms with Crippen LogP contribution < -0.4 is 10.4 Å². The molecule has 0 amide bonds. The van der Waals surface area contributed by atoms with Crippen molar-refractivity contribution < 1.29 is 10.2 Å². The van der Waals surface area contributed by atoms with Gasteiger partial charge in [0.25, 0.3) is 0 Å². The van der Waals surface area contributed by atoms with E-state index < -0.39 is 0 Å². The van der Waals surface area contributed by atoms with Gasteiger partial charge in [-0.2, -0.15) is 0 Å². The minimum atomic E-state index is 0.0744. The molecule has 0 saturated carbocycles. The van der Waals surface area contributed by atoms with Gasteiger partial charge in [-0.05, 0) is 13.0 Å². The standard InChI is InChI=1S/C9H10O2/c1-5-4-8(10)6(2)7(3)9(5)11/h4,10-11H,1-2H2,3H3. The summed E-state index contributed by atoms with van der Waals surface area (Å²) in [5, 5.41) is 19.4. The van der Waals surface area contributed by atoms with Gasteiger partial charge in [0.1, 0.15) is 11.5 Å². The molecule has 1 aromatic carbocycles. The Morgan fingerprint density at radius 2 is 1.82 bits per heavy atom. The molecule has 11 heavy (non-hydrogen) atoms. The fourth-order valence-electron chi connectivity index (χ4n) is 0.896. The van der Waals surface area contributed by atoms with Gasteiger partial charge < -0.3 is 10.2 Å². The van der Waals surface area contributed by atoms with Crippen molar-refractivity contribution in [3.63, 3.8) is 0 Å². The molecular formula is C9H10O2. The van der Waals surface area contributed by atoms with E-state index >= 15 is 0 Å². The van der Waals surface area contributed by atoms with Crippen LogP contribution in [0.2, 0.25) is 0 Å². The highest BCUT2D eigenvalue weighted by molar-refractivity contribution is 5.43. The normalized spacial score (nSPS) is 9.91. The molecule has 2 heteroatoms. The highest BCUT2D eigenvalue weighted by Gasteiger charge is 2.00. The molecule has 0 aliphatic rings. The summed E-state index contributed by atoms with van der Waals surface area (Å²) >= 11 is 0. The van der Waals surface area contributed by atoms with E-state index in [1.165, 1.54) is 6.07 Å². The Labute approximate surface area is 64.7 Å². The SMILES string of the molecule is C=c1cc(O)c(=C)c(C)c1O. The van der Waals surface area contributed by atoms with Crippen LogP contribution in [0.1, 0.15) is 5.56 Å². The summed E-state index contributed by atoms with van der Waals surface area (Å²) in [7, 11) is 0. The number of hydrogen-bond acceptors (Lipinski definition) is 2. The Kier molecular flexibility index (Phi) is 1.61. The van der Waals surface area contributed by atoms with E-state index in [0.29, 0.717) is 16.0 Å². The Bertz CT molecular complexity index is 380. The van der Waals surface area contributed by atoms with Gasteiger partial charge in [-0.1, -0.05) is 13.2 Å². The van der Waals surface area contributed by atoms with Crippen molar-refractivity contribution >= 4 is 13.2 Å². The van der Waals surface area contributed by atoms with Crippen molar-refractivity contribution in [1.82, 2.24) is 0 Å². The van der Waals surface area contributed by atoms with E-state index in [2.05, 4.69) is 13.2 Å². The van der Waals surface area contributed by atoms with Crippen molar-refractivity contribution in [2.45, 2.75) is 6.92 Å². The molecule has 2 N–H and O–H groups in total. The van der Waals surface area contributed by atoms with Crippen LogP contribution in [0.25, 0.3) is 13.2 Å². The summed E-state index contributed by atoms with van der Waals surface area (Å²) in [6.45, 7) is 8.82. The van der Waals surface area contributed by atoms with Gasteiger partial charge in [-0.25, -0.2) is 0 Å². The second-order valence-electron chi connectivity index (χ2n) is 2.51. The number of hydrogen-bond donors (Lipinski definition) is 2. The van der Waals surface area contributed by atoms with Gasteiger partial charge >= 0.3 is 0 Å². The number of benzene rings is 1. The van der Waals surface area contributed by atoms with Crippen LogP contribution in [0.5, 0.6) is 11.5 Å². The molecule has 0 heterocycles. The van der Waals surface area contributed by atoms with Crippen LogP contribution in [0.4, 0.5) is 0 Å². The Morgan fingerprint density at radius 3 is 2.36 bits per heavy atom. The first-order valence-electron chi connectivity index (χ1n) is 3.23. The lowest BCUT2D eigenvalue weighted by molar-refractivity contribution is 0.449. The second-order valence-corrected chi connectivity index (χ2v) is 2.51. The molecule has 1 aromatic rings. The van der Waals surface area contributed by atoms with E-state index in [9.17, 15) is 10.2 Å². The first-order chi connectivity index (χ1) is 5.04. The lowest BCUT2D eigenvalue weighted by Crippen LogP contribution is -2.11. The third-order valence-electron chi connectivity index (χ3n) is 1.73. The van der Waals surface area contributed by atoms with Crippen molar-refractivity contribution in [2.24, 2.45) is 0 Å². The lowest BCUT2D eigenvalue weighted by atomic mass is 10.1. The predicted octanol–water partition coefficient (Wildman–Crippen LogP) is 0.227. The summed E-state index contributed by atoms with van der Waals surface area (Å²) in [6, 6.07) is 1.39. The summed E-state index contributed by atoms with van der Waals surface area (Å²) in [5.41, 5.74) is 0.579. The quantitative estimate of drug-likeness (QED) is 0.520. The molecule has 0 spiro atoms. The van der Waals surface area contributed by atoms with Gasteiger partial charge in [0, 0.05) is 16.0 Å². The maximum absolute atomic E-state index is 9.30.